The van der Waals surface area contributed by atoms with Gasteiger partial charge < -0.3 is 9.67 Å². The molecule has 4 heteroatoms. The van der Waals surface area contributed by atoms with E-state index in [4.69, 9.17) is 0 Å². The second-order valence-corrected chi connectivity index (χ2v) is 5.37. The fourth-order valence-electron chi connectivity index (χ4n) is 1.61. The molecule has 2 heterocycles. The third kappa shape index (κ3) is 1.76. The van der Waals surface area contributed by atoms with Crippen molar-refractivity contribution in [2.45, 2.75) is 19.4 Å². The van der Waals surface area contributed by atoms with E-state index in [0.717, 1.165) is 14.5 Å². The van der Waals surface area contributed by atoms with Crippen LogP contribution in [0, 0.1) is 3.57 Å². The number of fused-ring (bicyclic) bond motifs is 1. The lowest BCUT2D eigenvalue weighted by molar-refractivity contribution is 0.168. The summed E-state index contributed by atoms with van der Waals surface area (Å²) in [5.74, 6) is 0. The summed E-state index contributed by atoms with van der Waals surface area (Å²) < 4.78 is 3.27. The van der Waals surface area contributed by atoms with Crippen LogP contribution in [0.5, 0.6) is 0 Å². The Kier molecular flexibility index (Phi) is 2.72. The van der Waals surface area contributed by atoms with E-state index in [1.165, 1.54) is 0 Å². The number of pyridine rings is 1. The summed E-state index contributed by atoms with van der Waals surface area (Å²) in [6.07, 6.45) is 5.70. The van der Waals surface area contributed by atoms with Crippen LogP contribution in [-0.2, 0) is 5.54 Å². The average molecular weight is 316 g/mol. The lowest BCUT2D eigenvalue weighted by Gasteiger charge is -2.25. The molecule has 0 aromatic carbocycles. The summed E-state index contributed by atoms with van der Waals surface area (Å²) in [7, 11) is 0. The maximum atomic E-state index is 9.38. The monoisotopic (exact) mass is 316 g/mol. The minimum atomic E-state index is -0.275. The molecule has 0 saturated carbocycles. The molecule has 0 bridgehead atoms. The van der Waals surface area contributed by atoms with Crippen LogP contribution in [0.2, 0.25) is 0 Å². The molecule has 0 amide bonds. The Morgan fingerprint density at radius 3 is 2.93 bits per heavy atom. The summed E-state index contributed by atoms with van der Waals surface area (Å²) >= 11 is 2.29. The van der Waals surface area contributed by atoms with Crippen LogP contribution in [0.25, 0.3) is 10.9 Å². The van der Waals surface area contributed by atoms with E-state index in [2.05, 4.69) is 38.3 Å². The highest BCUT2D eigenvalue weighted by Crippen LogP contribution is 2.27. The Labute approximate surface area is 102 Å². The highest BCUT2D eigenvalue weighted by molar-refractivity contribution is 14.1. The van der Waals surface area contributed by atoms with Crippen molar-refractivity contribution in [1.29, 1.82) is 0 Å². The van der Waals surface area contributed by atoms with Gasteiger partial charge in [-0.25, -0.2) is 0 Å². The number of nitrogens with zero attached hydrogens (tertiary/aromatic N) is 2. The molecule has 0 radical (unpaired) electrons. The molecule has 80 valence electrons. The summed E-state index contributed by atoms with van der Waals surface area (Å²) in [6.45, 7) is 4.15. The SMILES string of the molecule is CC(C)(CO)n1cc(I)c2cnccc21. The second-order valence-electron chi connectivity index (χ2n) is 4.21. The Hall–Kier alpha value is -0.620. The number of aliphatic hydroxyl groups excluding tert-OH is 1. The van der Waals surface area contributed by atoms with E-state index >= 15 is 0 Å². The van der Waals surface area contributed by atoms with Gasteiger partial charge in [-0.3, -0.25) is 4.98 Å². The number of aromatic nitrogens is 2. The van der Waals surface area contributed by atoms with Gasteiger partial charge in [0.05, 0.1) is 17.7 Å². The van der Waals surface area contributed by atoms with E-state index in [1.807, 2.05) is 26.1 Å². The number of halogens is 1. The molecule has 0 aliphatic carbocycles. The molecule has 0 aliphatic rings. The predicted molar refractivity (Wildman–Crippen MR) is 68.9 cm³/mol. The number of rotatable bonds is 2. The molecule has 0 atom stereocenters. The van der Waals surface area contributed by atoms with Crippen molar-refractivity contribution in [3.63, 3.8) is 0 Å². The fraction of sp³-hybridized carbons (Fsp3) is 0.364. The van der Waals surface area contributed by atoms with Gasteiger partial charge in [-0.1, -0.05) is 0 Å². The van der Waals surface area contributed by atoms with Gasteiger partial charge in [-0.05, 0) is 42.5 Å². The lowest BCUT2D eigenvalue weighted by Crippen LogP contribution is -2.29. The van der Waals surface area contributed by atoms with Crippen LogP contribution in [-0.4, -0.2) is 21.3 Å². The molecular weight excluding hydrogens is 303 g/mol. The van der Waals surface area contributed by atoms with Crippen LogP contribution in [0.4, 0.5) is 0 Å². The van der Waals surface area contributed by atoms with Crippen LogP contribution < -0.4 is 0 Å². The minimum Gasteiger partial charge on any atom is -0.394 e. The zero-order valence-electron chi connectivity index (χ0n) is 8.74. The van der Waals surface area contributed by atoms with Gasteiger partial charge in [-0.2, -0.15) is 0 Å². The molecule has 0 spiro atoms. The Bertz CT molecular complexity index is 490. The molecule has 1 N–H and O–H groups in total. The highest BCUT2D eigenvalue weighted by Gasteiger charge is 2.21. The normalized spacial score (nSPS) is 12.3. The van der Waals surface area contributed by atoms with Gasteiger partial charge in [0, 0.05) is 27.5 Å². The summed E-state index contributed by atoms with van der Waals surface area (Å²) in [5, 5.41) is 10.5. The van der Waals surface area contributed by atoms with Gasteiger partial charge >= 0.3 is 0 Å². The molecule has 2 aromatic heterocycles. The van der Waals surface area contributed by atoms with Crippen molar-refractivity contribution in [2.75, 3.05) is 6.61 Å². The van der Waals surface area contributed by atoms with Gasteiger partial charge in [-0.15, -0.1) is 0 Å². The maximum absolute atomic E-state index is 9.38. The first-order valence-electron chi connectivity index (χ1n) is 4.78. The number of aliphatic hydroxyl groups is 1. The van der Waals surface area contributed by atoms with Crippen molar-refractivity contribution in [2.24, 2.45) is 0 Å². The van der Waals surface area contributed by atoms with Crippen LogP contribution in [0.1, 0.15) is 13.8 Å². The summed E-state index contributed by atoms with van der Waals surface area (Å²) in [6, 6.07) is 1.98. The maximum Gasteiger partial charge on any atom is 0.0661 e. The first-order chi connectivity index (χ1) is 7.06. The van der Waals surface area contributed by atoms with Crippen molar-refractivity contribution in [3.05, 3.63) is 28.2 Å². The molecule has 0 unspecified atom stereocenters. The van der Waals surface area contributed by atoms with Crippen LogP contribution in [0.3, 0.4) is 0 Å². The topological polar surface area (TPSA) is 38.0 Å². The van der Waals surface area contributed by atoms with Crippen LogP contribution in [0.15, 0.2) is 24.7 Å². The van der Waals surface area contributed by atoms with E-state index in [1.54, 1.807) is 6.20 Å². The quantitative estimate of drug-likeness (QED) is 0.864. The van der Waals surface area contributed by atoms with Crippen molar-refractivity contribution in [3.8, 4) is 0 Å². The minimum absolute atomic E-state index is 0.120. The number of hydrogen-bond donors (Lipinski definition) is 1. The standard InChI is InChI=1S/C11H13IN2O/c1-11(2,7-15)14-6-9(12)8-5-13-4-3-10(8)14/h3-6,15H,7H2,1-2H3. The Balaban J connectivity index is 2.72. The Morgan fingerprint density at radius 2 is 2.27 bits per heavy atom. The largest absolute Gasteiger partial charge is 0.394 e. The van der Waals surface area contributed by atoms with Crippen molar-refractivity contribution < 1.29 is 5.11 Å². The first-order valence-corrected chi connectivity index (χ1v) is 5.86. The molecular formula is C11H13IN2O. The third-order valence-corrected chi connectivity index (χ3v) is 3.46. The zero-order chi connectivity index (χ0) is 11.1. The van der Waals surface area contributed by atoms with E-state index < -0.39 is 0 Å². The molecule has 0 saturated heterocycles. The van der Waals surface area contributed by atoms with E-state index in [0.29, 0.717) is 0 Å². The summed E-state index contributed by atoms with van der Waals surface area (Å²) in [5.41, 5.74) is 0.844. The van der Waals surface area contributed by atoms with Gasteiger partial charge in [0.15, 0.2) is 0 Å². The summed E-state index contributed by atoms with van der Waals surface area (Å²) in [4.78, 5) is 4.11. The van der Waals surface area contributed by atoms with Crippen molar-refractivity contribution in [1.82, 2.24) is 9.55 Å². The molecule has 0 aliphatic heterocycles. The predicted octanol–water partition coefficient (Wildman–Crippen LogP) is 2.37. The van der Waals surface area contributed by atoms with Gasteiger partial charge in [0.1, 0.15) is 0 Å². The van der Waals surface area contributed by atoms with E-state index in [9.17, 15) is 5.11 Å². The lowest BCUT2D eigenvalue weighted by atomic mass is 10.1. The van der Waals surface area contributed by atoms with E-state index in [-0.39, 0.29) is 12.1 Å². The molecule has 3 nitrogen and oxygen atoms in total. The Morgan fingerprint density at radius 1 is 1.53 bits per heavy atom. The zero-order valence-corrected chi connectivity index (χ0v) is 10.9. The third-order valence-electron chi connectivity index (χ3n) is 2.60. The molecule has 0 fully saturated rings. The highest BCUT2D eigenvalue weighted by atomic mass is 127. The molecule has 2 rings (SSSR count). The van der Waals surface area contributed by atoms with Crippen molar-refractivity contribution >= 4 is 33.5 Å². The van der Waals surface area contributed by atoms with Crippen LogP contribution >= 0.6 is 22.6 Å². The van der Waals surface area contributed by atoms with Gasteiger partial charge in [0.2, 0.25) is 0 Å². The number of hydrogen-bond acceptors (Lipinski definition) is 2. The second kappa shape index (κ2) is 3.75. The van der Waals surface area contributed by atoms with Gasteiger partial charge in [0.25, 0.3) is 0 Å². The smallest absolute Gasteiger partial charge is 0.0661 e. The fourth-order valence-corrected chi connectivity index (χ4v) is 2.30. The average Bonchev–Trinajstić information content (AvgIpc) is 2.58. The first kappa shape index (κ1) is 10.9. The molecule has 2 aromatic rings. The molecule has 15 heavy (non-hydrogen) atoms.